The fourth-order valence-corrected chi connectivity index (χ4v) is 1.68. The molecule has 0 aliphatic carbocycles. The van der Waals surface area contributed by atoms with E-state index in [1.54, 1.807) is 0 Å². The lowest BCUT2D eigenvalue weighted by Gasteiger charge is -2.04. The first-order valence-corrected chi connectivity index (χ1v) is 6.45. The summed E-state index contributed by atoms with van der Waals surface area (Å²) in [5.74, 6) is -0.593. The molecular formula is C10H13O5P. The molecule has 0 saturated carbocycles. The molecule has 0 heterocycles. The normalized spacial score (nSPS) is 11.4. The summed E-state index contributed by atoms with van der Waals surface area (Å²) in [5, 5.41) is 0. The maximum atomic E-state index is 11.0. The molecule has 0 spiro atoms. The van der Waals surface area contributed by atoms with Gasteiger partial charge in [-0.2, -0.15) is 0 Å². The van der Waals surface area contributed by atoms with Crippen LogP contribution in [0.3, 0.4) is 0 Å². The molecule has 1 aromatic carbocycles. The van der Waals surface area contributed by atoms with E-state index in [2.05, 4.69) is 0 Å². The highest BCUT2D eigenvalue weighted by Gasteiger charge is 2.18. The average molecular weight is 244 g/mol. The fraction of sp³-hybridized carbons (Fsp3) is 0.300. The van der Waals surface area contributed by atoms with Gasteiger partial charge in [0.05, 0.1) is 6.61 Å². The fourth-order valence-electron chi connectivity index (χ4n) is 1.13. The van der Waals surface area contributed by atoms with Gasteiger partial charge in [-0.15, -0.1) is 0 Å². The molecule has 0 aliphatic rings. The molecule has 0 saturated heterocycles. The van der Waals surface area contributed by atoms with Crippen LogP contribution in [0.4, 0.5) is 0 Å². The minimum Gasteiger partial charge on any atom is -0.369 e. The Balaban J connectivity index is 2.26. The Morgan fingerprint density at radius 2 is 1.88 bits per heavy atom. The molecule has 1 aromatic rings. The molecule has 0 amide bonds. The van der Waals surface area contributed by atoms with Crippen molar-refractivity contribution in [1.29, 1.82) is 0 Å². The predicted molar refractivity (Wildman–Crippen MR) is 58.0 cm³/mol. The topological polar surface area (TPSA) is 83.8 Å². The maximum absolute atomic E-state index is 11.0. The Hall–Kier alpha value is -1.00. The summed E-state index contributed by atoms with van der Waals surface area (Å²) >= 11 is 0. The first kappa shape index (κ1) is 13.1. The SMILES string of the molecule is O=C(COCc1ccccc1)CP(=O)(O)O. The smallest absolute Gasteiger partial charge is 0.333 e. The summed E-state index contributed by atoms with van der Waals surface area (Å²) in [6.45, 7) is -0.0201. The average Bonchev–Trinajstić information content (AvgIpc) is 2.16. The quantitative estimate of drug-likeness (QED) is 0.728. The second kappa shape index (κ2) is 5.92. The number of hydrogen-bond donors (Lipinski definition) is 2. The number of ether oxygens (including phenoxy) is 1. The van der Waals surface area contributed by atoms with Crippen molar-refractivity contribution in [2.24, 2.45) is 0 Å². The van der Waals surface area contributed by atoms with E-state index >= 15 is 0 Å². The first-order chi connectivity index (χ1) is 7.47. The van der Waals surface area contributed by atoms with Gasteiger partial charge in [-0.25, -0.2) is 0 Å². The molecule has 5 nitrogen and oxygen atoms in total. The van der Waals surface area contributed by atoms with Crippen LogP contribution in [-0.2, 0) is 20.7 Å². The molecule has 0 atom stereocenters. The van der Waals surface area contributed by atoms with Crippen molar-refractivity contribution >= 4 is 13.4 Å². The third-order valence-corrected chi connectivity index (χ3v) is 2.52. The molecule has 88 valence electrons. The molecule has 0 unspecified atom stereocenters. The second-order valence-corrected chi connectivity index (χ2v) is 4.99. The van der Waals surface area contributed by atoms with Gasteiger partial charge in [0.25, 0.3) is 0 Å². The number of Topliss-reactive ketones (excluding diaryl/α,β-unsaturated/α-hetero) is 1. The van der Waals surface area contributed by atoms with Crippen molar-refractivity contribution in [2.45, 2.75) is 6.61 Å². The van der Waals surface area contributed by atoms with Crippen LogP contribution in [0.25, 0.3) is 0 Å². The zero-order chi connectivity index (χ0) is 12.0. The van der Waals surface area contributed by atoms with Gasteiger partial charge in [0.15, 0.2) is 5.78 Å². The number of benzene rings is 1. The number of carbonyl (C=O) groups excluding carboxylic acids is 1. The summed E-state index contributed by atoms with van der Waals surface area (Å²) in [4.78, 5) is 28.1. The first-order valence-electron chi connectivity index (χ1n) is 4.65. The van der Waals surface area contributed by atoms with Gasteiger partial charge >= 0.3 is 7.60 Å². The Labute approximate surface area is 93.2 Å². The summed E-state index contributed by atoms with van der Waals surface area (Å²) in [6, 6.07) is 9.23. The lowest BCUT2D eigenvalue weighted by atomic mass is 10.2. The zero-order valence-electron chi connectivity index (χ0n) is 8.57. The molecule has 6 heteroatoms. The molecule has 16 heavy (non-hydrogen) atoms. The van der Waals surface area contributed by atoms with Gasteiger partial charge in [0, 0.05) is 0 Å². The lowest BCUT2D eigenvalue weighted by Crippen LogP contribution is -2.13. The number of ketones is 1. The summed E-state index contributed by atoms with van der Waals surface area (Å²) in [7, 11) is -4.26. The summed E-state index contributed by atoms with van der Waals surface area (Å²) < 4.78 is 15.5. The van der Waals surface area contributed by atoms with Crippen molar-refractivity contribution in [3.63, 3.8) is 0 Å². The van der Waals surface area contributed by atoms with E-state index in [1.807, 2.05) is 30.3 Å². The third kappa shape index (κ3) is 5.78. The Morgan fingerprint density at radius 3 is 2.44 bits per heavy atom. The van der Waals surface area contributed by atoms with Gasteiger partial charge in [0.1, 0.15) is 12.8 Å². The largest absolute Gasteiger partial charge is 0.369 e. The van der Waals surface area contributed by atoms with E-state index in [4.69, 9.17) is 14.5 Å². The monoisotopic (exact) mass is 244 g/mol. The highest BCUT2D eigenvalue weighted by atomic mass is 31.2. The van der Waals surface area contributed by atoms with Crippen LogP contribution in [0, 0.1) is 0 Å². The molecule has 1 rings (SSSR count). The third-order valence-electron chi connectivity index (χ3n) is 1.76. The van der Waals surface area contributed by atoms with Gasteiger partial charge < -0.3 is 14.5 Å². The van der Waals surface area contributed by atoms with Crippen LogP contribution in [0.2, 0.25) is 0 Å². The highest BCUT2D eigenvalue weighted by Crippen LogP contribution is 2.33. The van der Waals surface area contributed by atoms with Gasteiger partial charge in [-0.05, 0) is 5.56 Å². The number of hydrogen-bond acceptors (Lipinski definition) is 3. The molecular weight excluding hydrogens is 231 g/mol. The van der Waals surface area contributed by atoms with Gasteiger partial charge in [-0.1, -0.05) is 30.3 Å². The summed E-state index contributed by atoms with van der Waals surface area (Å²) in [5.41, 5.74) is 0.909. The zero-order valence-corrected chi connectivity index (χ0v) is 9.47. The van der Waals surface area contributed by atoms with Gasteiger partial charge in [0.2, 0.25) is 0 Å². The molecule has 0 radical (unpaired) electrons. The van der Waals surface area contributed by atoms with Crippen molar-refractivity contribution in [1.82, 2.24) is 0 Å². The van der Waals surface area contributed by atoms with Crippen LogP contribution < -0.4 is 0 Å². The van der Waals surface area contributed by atoms with E-state index in [9.17, 15) is 9.36 Å². The van der Waals surface area contributed by atoms with E-state index < -0.39 is 19.5 Å². The second-order valence-electron chi connectivity index (χ2n) is 3.34. The van der Waals surface area contributed by atoms with E-state index in [0.29, 0.717) is 0 Å². The predicted octanol–water partition coefficient (Wildman–Crippen LogP) is 0.950. The molecule has 0 bridgehead atoms. The molecule has 0 aliphatic heterocycles. The standard InChI is InChI=1S/C10H13O5P/c11-10(8-16(12,13)14)7-15-6-9-4-2-1-3-5-9/h1-5H,6-8H2,(H2,12,13,14). The number of carbonyl (C=O) groups is 1. The molecule has 0 aromatic heterocycles. The van der Waals surface area contributed by atoms with Crippen LogP contribution in [0.1, 0.15) is 5.56 Å². The Kier molecular flexibility index (Phi) is 4.83. The van der Waals surface area contributed by atoms with Crippen LogP contribution >= 0.6 is 7.60 Å². The van der Waals surface area contributed by atoms with E-state index in [0.717, 1.165) is 5.56 Å². The minimum absolute atomic E-state index is 0.258. The number of rotatable bonds is 6. The van der Waals surface area contributed by atoms with Crippen molar-refractivity contribution in [2.75, 3.05) is 12.8 Å². The van der Waals surface area contributed by atoms with Crippen LogP contribution in [-0.4, -0.2) is 28.3 Å². The summed E-state index contributed by atoms with van der Waals surface area (Å²) in [6.07, 6.45) is -0.762. The maximum Gasteiger partial charge on any atom is 0.333 e. The van der Waals surface area contributed by atoms with E-state index in [1.165, 1.54) is 0 Å². The van der Waals surface area contributed by atoms with Crippen molar-refractivity contribution in [3.05, 3.63) is 35.9 Å². The highest BCUT2D eigenvalue weighted by molar-refractivity contribution is 7.52. The van der Waals surface area contributed by atoms with Crippen LogP contribution in [0.15, 0.2) is 30.3 Å². The molecule has 0 fully saturated rings. The Bertz CT molecular complexity index is 383. The lowest BCUT2D eigenvalue weighted by molar-refractivity contribution is -0.121. The van der Waals surface area contributed by atoms with E-state index in [-0.39, 0.29) is 13.2 Å². The molecule has 2 N–H and O–H groups in total. The van der Waals surface area contributed by atoms with Crippen LogP contribution in [0.5, 0.6) is 0 Å². The minimum atomic E-state index is -4.26. The van der Waals surface area contributed by atoms with Crippen molar-refractivity contribution in [3.8, 4) is 0 Å². The van der Waals surface area contributed by atoms with Gasteiger partial charge in [-0.3, -0.25) is 9.36 Å². The van der Waals surface area contributed by atoms with Crippen molar-refractivity contribution < 1.29 is 23.9 Å². The Morgan fingerprint density at radius 1 is 1.25 bits per heavy atom.